The van der Waals surface area contributed by atoms with E-state index in [2.05, 4.69) is 20.2 Å². The molecule has 1 aliphatic carbocycles. The molecule has 1 saturated heterocycles. The molecule has 1 aromatic rings. The van der Waals surface area contributed by atoms with Crippen molar-refractivity contribution in [2.45, 2.75) is 0 Å². The fourth-order valence-electron chi connectivity index (χ4n) is 2.64. The summed E-state index contributed by atoms with van der Waals surface area (Å²) in [7, 11) is 1.24. The SMILES string of the molecule is COC(=O)NN=C1C(=O)C=C(N2CCOCC2)c2ccccc21. The number of nitrogens with one attached hydrogen (secondary N) is 1. The third kappa shape index (κ3) is 3.09. The average Bonchev–Trinajstić information content (AvgIpc) is 2.60. The lowest BCUT2D eigenvalue weighted by atomic mass is 9.91. The molecule has 1 aromatic carbocycles. The molecule has 0 saturated carbocycles. The lowest BCUT2D eigenvalue weighted by molar-refractivity contribution is -0.108. The summed E-state index contributed by atoms with van der Waals surface area (Å²) in [5, 5.41) is 3.91. The van der Waals surface area contributed by atoms with Crippen molar-refractivity contribution in [3.05, 3.63) is 41.5 Å². The Balaban J connectivity index is 1.97. The smallest absolute Gasteiger partial charge is 0.427 e. The highest BCUT2D eigenvalue weighted by atomic mass is 16.5. The Hall–Kier alpha value is -2.67. The molecule has 3 rings (SSSR count). The first-order chi connectivity index (χ1) is 11.2. The van der Waals surface area contributed by atoms with Gasteiger partial charge in [0.2, 0.25) is 5.78 Å². The molecule has 1 amide bonds. The third-order valence-electron chi connectivity index (χ3n) is 3.76. The number of allylic oxidation sites excluding steroid dienone is 1. The number of hydrazone groups is 1. The van der Waals surface area contributed by atoms with Crippen LogP contribution in [0.5, 0.6) is 0 Å². The van der Waals surface area contributed by atoms with Gasteiger partial charge in [-0.3, -0.25) is 4.79 Å². The summed E-state index contributed by atoms with van der Waals surface area (Å²) in [5.41, 5.74) is 4.88. The molecule has 0 unspecified atom stereocenters. The number of methoxy groups -OCH3 is 1. The molecule has 0 spiro atoms. The van der Waals surface area contributed by atoms with Gasteiger partial charge < -0.3 is 14.4 Å². The van der Waals surface area contributed by atoms with E-state index in [0.717, 1.165) is 24.4 Å². The van der Waals surface area contributed by atoms with E-state index in [-0.39, 0.29) is 11.5 Å². The Morgan fingerprint density at radius 3 is 2.65 bits per heavy atom. The Bertz CT molecular complexity index is 690. The summed E-state index contributed by atoms with van der Waals surface area (Å²) >= 11 is 0. The standard InChI is InChI=1S/C16H17N3O4/c1-22-16(21)18-17-15-12-5-3-2-4-11(12)13(10-14(15)20)19-6-8-23-9-7-19/h2-5,10H,6-9H2,1H3,(H,18,21). The first-order valence-electron chi connectivity index (χ1n) is 7.31. The Morgan fingerprint density at radius 2 is 1.96 bits per heavy atom. The summed E-state index contributed by atoms with van der Waals surface area (Å²) in [6, 6.07) is 7.51. The minimum Gasteiger partial charge on any atom is -0.452 e. The number of rotatable bonds is 2. The van der Waals surface area contributed by atoms with Crippen LogP contribution in [0.3, 0.4) is 0 Å². The lowest BCUT2D eigenvalue weighted by Gasteiger charge is -2.33. The van der Waals surface area contributed by atoms with Gasteiger partial charge in [0.15, 0.2) is 0 Å². The van der Waals surface area contributed by atoms with E-state index in [0.29, 0.717) is 18.8 Å². The zero-order valence-electron chi connectivity index (χ0n) is 12.7. The molecule has 1 heterocycles. The molecular weight excluding hydrogens is 298 g/mol. The van der Waals surface area contributed by atoms with Gasteiger partial charge in [-0.05, 0) is 0 Å². The van der Waals surface area contributed by atoms with Crippen LogP contribution in [0.1, 0.15) is 11.1 Å². The highest BCUT2D eigenvalue weighted by molar-refractivity contribution is 6.52. The van der Waals surface area contributed by atoms with Crippen LogP contribution in [-0.4, -0.2) is 55.9 Å². The molecule has 0 bridgehead atoms. The van der Waals surface area contributed by atoms with Gasteiger partial charge in [0.1, 0.15) is 5.71 Å². The molecule has 0 aromatic heterocycles. The van der Waals surface area contributed by atoms with Crippen molar-refractivity contribution in [2.24, 2.45) is 5.10 Å². The quantitative estimate of drug-likeness (QED) is 0.824. The van der Waals surface area contributed by atoms with Gasteiger partial charge in [-0.2, -0.15) is 5.10 Å². The second kappa shape index (κ2) is 6.62. The van der Waals surface area contributed by atoms with Crippen molar-refractivity contribution in [1.82, 2.24) is 10.3 Å². The van der Waals surface area contributed by atoms with Crippen LogP contribution in [0, 0.1) is 0 Å². The van der Waals surface area contributed by atoms with E-state index < -0.39 is 6.09 Å². The van der Waals surface area contributed by atoms with Crippen molar-refractivity contribution >= 4 is 23.3 Å². The molecule has 2 aliphatic rings. The molecule has 0 radical (unpaired) electrons. The monoisotopic (exact) mass is 315 g/mol. The van der Waals surface area contributed by atoms with Gasteiger partial charge >= 0.3 is 6.09 Å². The van der Waals surface area contributed by atoms with E-state index in [1.807, 2.05) is 24.3 Å². The maximum absolute atomic E-state index is 12.5. The fraction of sp³-hybridized carbons (Fsp3) is 0.312. The van der Waals surface area contributed by atoms with Crippen LogP contribution in [0.25, 0.3) is 5.70 Å². The number of fused-ring (bicyclic) bond motifs is 1. The molecule has 0 atom stereocenters. The zero-order chi connectivity index (χ0) is 16.2. The first-order valence-corrected chi connectivity index (χ1v) is 7.31. The van der Waals surface area contributed by atoms with E-state index >= 15 is 0 Å². The molecule has 1 fully saturated rings. The van der Waals surface area contributed by atoms with Gasteiger partial charge in [-0.25, -0.2) is 10.2 Å². The number of nitrogens with zero attached hydrogens (tertiary/aromatic N) is 2. The van der Waals surface area contributed by atoms with E-state index in [4.69, 9.17) is 4.74 Å². The molecule has 1 aliphatic heterocycles. The molecule has 7 nitrogen and oxygen atoms in total. The summed E-state index contributed by atoms with van der Waals surface area (Å²) in [6.07, 6.45) is 0.844. The molecule has 120 valence electrons. The third-order valence-corrected chi connectivity index (χ3v) is 3.76. The van der Waals surface area contributed by atoms with Gasteiger partial charge in [-0.1, -0.05) is 24.3 Å². The highest BCUT2D eigenvalue weighted by Crippen LogP contribution is 2.28. The molecular formula is C16H17N3O4. The Labute approximate surface area is 133 Å². The zero-order valence-corrected chi connectivity index (χ0v) is 12.7. The summed E-state index contributed by atoms with van der Waals surface area (Å²) in [4.78, 5) is 25.8. The van der Waals surface area contributed by atoms with Crippen molar-refractivity contribution in [2.75, 3.05) is 33.4 Å². The number of amides is 1. The minimum absolute atomic E-state index is 0.197. The van der Waals surface area contributed by atoms with E-state index in [1.54, 1.807) is 6.08 Å². The number of carbonyl (C=O) groups excluding carboxylic acids is 2. The first kappa shape index (κ1) is 15.2. The van der Waals surface area contributed by atoms with Crippen LogP contribution in [0.4, 0.5) is 4.79 Å². The lowest BCUT2D eigenvalue weighted by Crippen LogP contribution is -2.37. The molecule has 23 heavy (non-hydrogen) atoms. The number of carbonyl (C=O) groups is 2. The number of hydrogen-bond acceptors (Lipinski definition) is 6. The van der Waals surface area contributed by atoms with Gasteiger partial charge in [-0.15, -0.1) is 0 Å². The number of hydrogen-bond donors (Lipinski definition) is 1. The number of ether oxygens (including phenoxy) is 2. The Morgan fingerprint density at radius 1 is 1.26 bits per heavy atom. The molecule has 7 heteroatoms. The Kier molecular flexibility index (Phi) is 4.38. The van der Waals surface area contributed by atoms with Crippen molar-refractivity contribution in [1.29, 1.82) is 0 Å². The summed E-state index contributed by atoms with van der Waals surface area (Å²) < 4.78 is 9.84. The van der Waals surface area contributed by atoms with Crippen LogP contribution in [0.2, 0.25) is 0 Å². The predicted octanol–water partition coefficient (Wildman–Crippen LogP) is 1.00. The van der Waals surface area contributed by atoms with Crippen LogP contribution < -0.4 is 5.43 Å². The highest BCUT2D eigenvalue weighted by Gasteiger charge is 2.27. The van der Waals surface area contributed by atoms with Crippen molar-refractivity contribution < 1.29 is 19.1 Å². The van der Waals surface area contributed by atoms with Gasteiger partial charge in [0.05, 0.1) is 20.3 Å². The average molecular weight is 315 g/mol. The van der Waals surface area contributed by atoms with Crippen molar-refractivity contribution in [3.8, 4) is 0 Å². The van der Waals surface area contributed by atoms with Gasteiger partial charge in [0, 0.05) is 36.0 Å². The van der Waals surface area contributed by atoms with Crippen molar-refractivity contribution in [3.63, 3.8) is 0 Å². The van der Waals surface area contributed by atoms with E-state index in [1.165, 1.54) is 7.11 Å². The maximum atomic E-state index is 12.5. The summed E-state index contributed by atoms with van der Waals surface area (Å²) in [5.74, 6) is -0.249. The topological polar surface area (TPSA) is 80.2 Å². The second-order valence-electron chi connectivity index (χ2n) is 5.10. The maximum Gasteiger partial charge on any atom is 0.427 e. The van der Waals surface area contributed by atoms with Crippen LogP contribution >= 0.6 is 0 Å². The second-order valence-corrected chi connectivity index (χ2v) is 5.10. The fourth-order valence-corrected chi connectivity index (χ4v) is 2.64. The van der Waals surface area contributed by atoms with Gasteiger partial charge in [0.25, 0.3) is 0 Å². The summed E-state index contributed by atoms with van der Waals surface area (Å²) in [6.45, 7) is 2.75. The number of benzene rings is 1. The normalized spacial score (nSPS) is 19.2. The minimum atomic E-state index is -0.717. The van der Waals surface area contributed by atoms with E-state index in [9.17, 15) is 9.59 Å². The number of morpholine rings is 1. The largest absolute Gasteiger partial charge is 0.452 e. The van der Waals surface area contributed by atoms with Crippen LogP contribution in [-0.2, 0) is 14.3 Å². The predicted molar refractivity (Wildman–Crippen MR) is 83.9 cm³/mol. The molecule has 1 N–H and O–H groups in total. The number of ketones is 1. The van der Waals surface area contributed by atoms with Crippen LogP contribution in [0.15, 0.2) is 35.4 Å².